The van der Waals surface area contributed by atoms with Crippen LogP contribution in [0.25, 0.3) is 0 Å². The minimum absolute atomic E-state index is 0.111. The van der Waals surface area contributed by atoms with Gasteiger partial charge in [0.2, 0.25) is 0 Å². The van der Waals surface area contributed by atoms with Crippen LogP contribution in [0.2, 0.25) is 0 Å². The van der Waals surface area contributed by atoms with Crippen molar-refractivity contribution in [1.82, 2.24) is 0 Å². The summed E-state index contributed by atoms with van der Waals surface area (Å²) in [5, 5.41) is 0. The van der Waals surface area contributed by atoms with E-state index in [1.165, 1.54) is 0 Å². The fourth-order valence-corrected chi connectivity index (χ4v) is 1.76. The van der Waals surface area contributed by atoms with Gasteiger partial charge in [-0.05, 0) is 0 Å². The summed E-state index contributed by atoms with van der Waals surface area (Å²) in [6.45, 7) is 5.64. The molecule has 0 heterocycles. The summed E-state index contributed by atoms with van der Waals surface area (Å²) in [6, 6.07) is 19.6. The summed E-state index contributed by atoms with van der Waals surface area (Å²) in [6.07, 6.45) is 0. The molecule has 0 aliphatic carbocycles. The Hall–Kier alpha value is -2.22. The van der Waals surface area contributed by atoms with Crippen molar-refractivity contribution in [1.29, 1.82) is 0 Å². The highest BCUT2D eigenvalue weighted by molar-refractivity contribution is 6.17. The second-order valence-electron chi connectivity index (χ2n) is 5.75. The van der Waals surface area contributed by atoms with Crippen molar-refractivity contribution in [2.75, 3.05) is 0 Å². The van der Waals surface area contributed by atoms with Crippen molar-refractivity contribution >= 4 is 11.6 Å². The van der Waals surface area contributed by atoms with Crippen molar-refractivity contribution in [3.63, 3.8) is 0 Å². The van der Waals surface area contributed by atoms with E-state index in [4.69, 9.17) is 0 Å². The van der Waals surface area contributed by atoms with Gasteiger partial charge in [-0.15, -0.1) is 0 Å². The lowest BCUT2D eigenvalue weighted by molar-refractivity contribution is -0.124. The minimum Gasteiger partial charge on any atom is -0.272 e. The molecule has 0 fully saturated rings. The lowest BCUT2D eigenvalue weighted by atomic mass is 9.95. The molecule has 0 aliphatic heterocycles. The maximum atomic E-state index is 12.2. The molecular weight excluding hydrogens is 246 g/mol. The molecule has 2 heteroatoms. The summed E-state index contributed by atoms with van der Waals surface area (Å²) < 4.78 is 0. The van der Waals surface area contributed by atoms with Gasteiger partial charge >= 0.3 is 0 Å². The third-order valence-electron chi connectivity index (χ3n) is 2.95. The van der Waals surface area contributed by atoms with Gasteiger partial charge in [-0.25, -0.2) is 4.99 Å². The number of rotatable bonds is 2. The van der Waals surface area contributed by atoms with E-state index in [1.807, 2.05) is 81.4 Å². The van der Waals surface area contributed by atoms with Gasteiger partial charge < -0.3 is 0 Å². The average Bonchev–Trinajstić information content (AvgIpc) is 2.45. The van der Waals surface area contributed by atoms with Crippen LogP contribution in [0.4, 0.5) is 0 Å². The Labute approximate surface area is 120 Å². The molecule has 2 rings (SSSR count). The van der Waals surface area contributed by atoms with E-state index in [2.05, 4.69) is 4.99 Å². The second-order valence-corrected chi connectivity index (χ2v) is 5.75. The van der Waals surface area contributed by atoms with Crippen LogP contribution in [-0.2, 0) is 4.79 Å². The van der Waals surface area contributed by atoms with E-state index >= 15 is 0 Å². The van der Waals surface area contributed by atoms with E-state index in [9.17, 15) is 4.79 Å². The van der Waals surface area contributed by atoms with Gasteiger partial charge in [-0.2, -0.15) is 0 Å². The van der Waals surface area contributed by atoms with Crippen LogP contribution in [0.3, 0.4) is 0 Å². The van der Waals surface area contributed by atoms with Crippen molar-refractivity contribution in [2.24, 2.45) is 10.4 Å². The van der Waals surface area contributed by atoms with Gasteiger partial charge in [0.1, 0.15) is 0 Å². The number of amides is 1. The molecule has 2 aromatic carbocycles. The summed E-state index contributed by atoms with van der Waals surface area (Å²) in [4.78, 5) is 16.6. The van der Waals surface area contributed by atoms with Gasteiger partial charge in [0, 0.05) is 16.5 Å². The largest absolute Gasteiger partial charge is 0.272 e. The maximum Gasteiger partial charge on any atom is 0.251 e. The third kappa shape index (κ3) is 3.41. The Bertz CT molecular complexity index is 565. The molecule has 0 saturated heterocycles. The molecule has 0 atom stereocenters. The van der Waals surface area contributed by atoms with Crippen LogP contribution < -0.4 is 0 Å². The van der Waals surface area contributed by atoms with Gasteiger partial charge in [0.25, 0.3) is 5.91 Å². The topological polar surface area (TPSA) is 29.4 Å². The summed E-state index contributed by atoms with van der Waals surface area (Å²) >= 11 is 0. The zero-order valence-corrected chi connectivity index (χ0v) is 12.1. The number of hydrogen-bond acceptors (Lipinski definition) is 1. The third-order valence-corrected chi connectivity index (χ3v) is 2.95. The molecule has 0 bridgehead atoms. The maximum absolute atomic E-state index is 12.2. The predicted octanol–water partition coefficient (Wildman–Crippen LogP) is 4.10. The first kappa shape index (κ1) is 14.2. The monoisotopic (exact) mass is 265 g/mol. The molecule has 1 amide bonds. The first-order chi connectivity index (χ1) is 9.48. The highest BCUT2D eigenvalue weighted by atomic mass is 16.1. The van der Waals surface area contributed by atoms with E-state index in [-0.39, 0.29) is 5.91 Å². The Balaban J connectivity index is 2.52. The highest BCUT2D eigenvalue weighted by Crippen LogP contribution is 2.18. The smallest absolute Gasteiger partial charge is 0.251 e. The van der Waals surface area contributed by atoms with Crippen molar-refractivity contribution in [3.8, 4) is 0 Å². The zero-order chi connectivity index (χ0) is 14.6. The Morgan fingerprint density at radius 2 is 1.20 bits per heavy atom. The van der Waals surface area contributed by atoms with Crippen LogP contribution in [0, 0.1) is 5.41 Å². The first-order valence-corrected chi connectivity index (χ1v) is 6.72. The van der Waals surface area contributed by atoms with Crippen molar-refractivity contribution in [3.05, 3.63) is 71.8 Å². The number of hydrogen-bond donors (Lipinski definition) is 0. The predicted molar refractivity (Wildman–Crippen MR) is 83.0 cm³/mol. The number of nitrogens with zero attached hydrogens (tertiary/aromatic N) is 1. The standard InChI is InChI=1S/C18H19NO/c1-18(2,3)17(20)19-16(14-10-6-4-7-11-14)15-12-8-5-9-13-15/h4-13H,1-3H3. The SMILES string of the molecule is CC(C)(C)C(=O)N=C(c1ccccc1)c1ccccc1. The lowest BCUT2D eigenvalue weighted by Gasteiger charge is -2.14. The van der Waals surface area contributed by atoms with Gasteiger partial charge in [0.15, 0.2) is 0 Å². The molecule has 20 heavy (non-hydrogen) atoms. The molecule has 2 aromatic rings. The Kier molecular flexibility index (Phi) is 4.14. The van der Waals surface area contributed by atoms with Crippen LogP contribution in [0.1, 0.15) is 31.9 Å². The summed E-state index contributed by atoms with van der Waals surface area (Å²) in [5.74, 6) is -0.111. The van der Waals surface area contributed by atoms with Crippen molar-refractivity contribution in [2.45, 2.75) is 20.8 Å². The lowest BCUT2D eigenvalue weighted by Crippen LogP contribution is -2.20. The van der Waals surface area contributed by atoms with E-state index in [1.54, 1.807) is 0 Å². The molecular formula is C18H19NO. The molecule has 0 N–H and O–H groups in total. The molecule has 0 aromatic heterocycles. The molecule has 102 valence electrons. The number of carbonyl (C=O) groups excluding carboxylic acids is 1. The molecule has 0 saturated carbocycles. The number of benzene rings is 2. The normalized spacial score (nSPS) is 10.9. The fraction of sp³-hybridized carbons (Fsp3) is 0.222. The van der Waals surface area contributed by atoms with Crippen LogP contribution in [-0.4, -0.2) is 11.6 Å². The van der Waals surface area contributed by atoms with Gasteiger partial charge in [-0.3, -0.25) is 4.79 Å². The van der Waals surface area contributed by atoms with E-state index in [0.29, 0.717) is 0 Å². The minimum atomic E-state index is -0.477. The summed E-state index contributed by atoms with van der Waals surface area (Å²) in [5.41, 5.74) is 2.16. The molecule has 0 aliphatic rings. The Morgan fingerprint density at radius 1 is 0.800 bits per heavy atom. The molecule has 0 unspecified atom stereocenters. The second kappa shape index (κ2) is 5.83. The van der Waals surface area contributed by atoms with Crippen LogP contribution in [0.5, 0.6) is 0 Å². The van der Waals surface area contributed by atoms with E-state index < -0.39 is 5.41 Å². The van der Waals surface area contributed by atoms with Crippen LogP contribution in [0.15, 0.2) is 65.7 Å². The van der Waals surface area contributed by atoms with E-state index in [0.717, 1.165) is 16.8 Å². The van der Waals surface area contributed by atoms with Crippen molar-refractivity contribution < 1.29 is 4.79 Å². The first-order valence-electron chi connectivity index (χ1n) is 6.72. The van der Waals surface area contributed by atoms with Gasteiger partial charge in [0.05, 0.1) is 5.71 Å². The van der Waals surface area contributed by atoms with Crippen LogP contribution >= 0.6 is 0 Å². The van der Waals surface area contributed by atoms with Gasteiger partial charge in [-0.1, -0.05) is 81.4 Å². The highest BCUT2D eigenvalue weighted by Gasteiger charge is 2.22. The summed E-state index contributed by atoms with van der Waals surface area (Å²) in [7, 11) is 0. The quantitative estimate of drug-likeness (QED) is 0.752. The molecule has 2 nitrogen and oxygen atoms in total. The number of aliphatic imine (C=N–C) groups is 1. The average molecular weight is 265 g/mol. The number of carbonyl (C=O) groups is 1. The fourth-order valence-electron chi connectivity index (χ4n) is 1.76. The zero-order valence-electron chi connectivity index (χ0n) is 12.1. The molecule has 0 spiro atoms. The molecule has 0 radical (unpaired) electrons. The Morgan fingerprint density at radius 3 is 1.55 bits per heavy atom.